The number of hydrogen-bond acceptors (Lipinski definition) is 4. The Labute approximate surface area is 130 Å². The zero-order valence-electron chi connectivity index (χ0n) is 13.0. The summed E-state index contributed by atoms with van der Waals surface area (Å²) in [4.78, 5) is 18.7. The van der Waals surface area contributed by atoms with Gasteiger partial charge in [0.15, 0.2) is 5.78 Å². The van der Waals surface area contributed by atoms with E-state index in [1.54, 1.807) is 0 Å². The van der Waals surface area contributed by atoms with Crippen molar-refractivity contribution < 1.29 is 9.53 Å². The van der Waals surface area contributed by atoms with Gasteiger partial charge in [0.2, 0.25) is 0 Å². The van der Waals surface area contributed by atoms with Gasteiger partial charge in [-0.15, -0.1) is 0 Å². The van der Waals surface area contributed by atoms with E-state index < -0.39 is 0 Å². The molecule has 0 aromatic heterocycles. The summed E-state index contributed by atoms with van der Waals surface area (Å²) in [5, 5.41) is 0. The van der Waals surface area contributed by atoms with E-state index in [1.165, 1.54) is 5.69 Å². The molecule has 1 aliphatic carbocycles. The fourth-order valence-electron chi connectivity index (χ4n) is 2.70. The summed E-state index contributed by atoms with van der Waals surface area (Å²) in [7, 11) is 0. The number of carbonyl (C=O) groups is 1. The Bertz CT molecular complexity index is 639. The summed E-state index contributed by atoms with van der Waals surface area (Å²) in [6, 6.07) is 8.21. The smallest absolute Gasteiger partial charge is 0.184 e. The quantitative estimate of drug-likeness (QED) is 0.788. The van der Waals surface area contributed by atoms with Gasteiger partial charge in [-0.3, -0.25) is 4.79 Å². The maximum atomic E-state index is 11.7. The lowest BCUT2D eigenvalue weighted by atomic mass is 9.98. The topological polar surface area (TPSA) is 41.9 Å². The number of hydrogen-bond donors (Lipinski definition) is 0. The molecule has 3 rings (SSSR count). The van der Waals surface area contributed by atoms with Gasteiger partial charge in [-0.05, 0) is 61.4 Å². The third kappa shape index (κ3) is 3.17. The molecule has 0 radical (unpaired) electrons. The van der Waals surface area contributed by atoms with Crippen LogP contribution < -0.4 is 4.90 Å². The van der Waals surface area contributed by atoms with Crippen LogP contribution in [0.15, 0.2) is 52.6 Å². The SMILES string of the molecule is CC1=CC(=Nc2ccc(N3CCOCC3)cc2)C=C(C)C1=O. The highest BCUT2D eigenvalue weighted by Gasteiger charge is 2.14. The number of aliphatic imine (C=N–C) groups is 1. The molecule has 0 saturated carbocycles. The monoisotopic (exact) mass is 296 g/mol. The summed E-state index contributed by atoms with van der Waals surface area (Å²) >= 11 is 0. The molecule has 0 atom stereocenters. The molecule has 1 saturated heterocycles. The van der Waals surface area contributed by atoms with Crippen LogP contribution in [0.3, 0.4) is 0 Å². The molecule has 1 aliphatic heterocycles. The van der Waals surface area contributed by atoms with E-state index in [9.17, 15) is 4.79 Å². The Kier molecular flexibility index (Phi) is 4.20. The van der Waals surface area contributed by atoms with Crippen molar-refractivity contribution in [3.8, 4) is 0 Å². The van der Waals surface area contributed by atoms with Crippen molar-refractivity contribution in [3.63, 3.8) is 0 Å². The van der Waals surface area contributed by atoms with Crippen LogP contribution in [0.5, 0.6) is 0 Å². The fourth-order valence-corrected chi connectivity index (χ4v) is 2.70. The molecule has 1 aromatic rings. The molecule has 0 amide bonds. The molecule has 4 heteroatoms. The highest BCUT2D eigenvalue weighted by atomic mass is 16.5. The number of morpholine rings is 1. The number of rotatable bonds is 2. The minimum atomic E-state index is 0.0987. The van der Waals surface area contributed by atoms with Crippen molar-refractivity contribution in [2.45, 2.75) is 13.8 Å². The highest BCUT2D eigenvalue weighted by molar-refractivity contribution is 6.21. The van der Waals surface area contributed by atoms with Gasteiger partial charge in [0, 0.05) is 18.8 Å². The van der Waals surface area contributed by atoms with Gasteiger partial charge >= 0.3 is 0 Å². The zero-order valence-corrected chi connectivity index (χ0v) is 13.0. The lowest BCUT2D eigenvalue weighted by Crippen LogP contribution is -2.36. The van der Waals surface area contributed by atoms with Crippen molar-refractivity contribution in [3.05, 3.63) is 47.6 Å². The van der Waals surface area contributed by atoms with Crippen LogP contribution in [0.25, 0.3) is 0 Å². The second kappa shape index (κ2) is 6.28. The lowest BCUT2D eigenvalue weighted by molar-refractivity contribution is -0.112. The second-order valence-electron chi connectivity index (χ2n) is 5.64. The summed E-state index contributed by atoms with van der Waals surface area (Å²) in [6.07, 6.45) is 3.68. The van der Waals surface area contributed by atoms with Gasteiger partial charge in [0.25, 0.3) is 0 Å². The van der Waals surface area contributed by atoms with Crippen molar-refractivity contribution in [1.29, 1.82) is 0 Å². The van der Waals surface area contributed by atoms with E-state index in [2.05, 4.69) is 22.0 Å². The Morgan fingerprint density at radius 3 is 2.18 bits per heavy atom. The van der Waals surface area contributed by atoms with Crippen LogP contribution in [-0.4, -0.2) is 37.8 Å². The minimum Gasteiger partial charge on any atom is -0.378 e. The molecule has 1 fully saturated rings. The number of ether oxygens (including phenoxy) is 1. The molecule has 1 aromatic carbocycles. The van der Waals surface area contributed by atoms with Gasteiger partial charge in [-0.2, -0.15) is 0 Å². The third-order valence-corrected chi connectivity index (χ3v) is 3.93. The molecule has 0 N–H and O–H groups in total. The molecule has 1 heterocycles. The Hall–Kier alpha value is -2.20. The number of Topliss-reactive ketones (excluding diaryl/α,β-unsaturated/α-hetero) is 1. The Balaban J connectivity index is 1.78. The fraction of sp³-hybridized carbons (Fsp3) is 0.333. The van der Waals surface area contributed by atoms with Gasteiger partial charge in [-0.1, -0.05) is 0 Å². The zero-order chi connectivity index (χ0) is 15.5. The number of allylic oxidation sites excluding steroid dienone is 4. The molecule has 2 aliphatic rings. The van der Waals surface area contributed by atoms with Crippen LogP contribution in [0, 0.1) is 0 Å². The summed E-state index contributed by atoms with van der Waals surface area (Å²) in [5.74, 6) is 0.0987. The average molecular weight is 296 g/mol. The first-order valence-corrected chi connectivity index (χ1v) is 7.56. The maximum absolute atomic E-state index is 11.7. The van der Waals surface area contributed by atoms with Crippen LogP contribution in [0.4, 0.5) is 11.4 Å². The van der Waals surface area contributed by atoms with Gasteiger partial charge < -0.3 is 9.64 Å². The van der Waals surface area contributed by atoms with Gasteiger partial charge in [-0.25, -0.2) is 4.99 Å². The average Bonchev–Trinajstić information content (AvgIpc) is 2.54. The van der Waals surface area contributed by atoms with E-state index in [0.29, 0.717) is 0 Å². The van der Waals surface area contributed by atoms with Gasteiger partial charge in [0.05, 0.1) is 24.6 Å². The first-order chi connectivity index (χ1) is 10.6. The minimum absolute atomic E-state index is 0.0987. The molecule has 22 heavy (non-hydrogen) atoms. The molecule has 4 nitrogen and oxygen atoms in total. The lowest BCUT2D eigenvalue weighted by Gasteiger charge is -2.28. The number of ketones is 1. The van der Waals surface area contributed by atoms with Crippen molar-refractivity contribution in [1.82, 2.24) is 0 Å². The van der Waals surface area contributed by atoms with Crippen molar-refractivity contribution in [2.24, 2.45) is 4.99 Å². The van der Waals surface area contributed by atoms with Crippen LogP contribution >= 0.6 is 0 Å². The summed E-state index contributed by atoms with van der Waals surface area (Å²) in [6.45, 7) is 7.09. The van der Waals surface area contributed by atoms with E-state index in [4.69, 9.17) is 4.74 Å². The van der Waals surface area contributed by atoms with Crippen molar-refractivity contribution >= 4 is 22.9 Å². The summed E-state index contributed by atoms with van der Waals surface area (Å²) < 4.78 is 5.37. The molecule has 114 valence electrons. The Morgan fingerprint density at radius 2 is 1.59 bits per heavy atom. The predicted octanol–water partition coefficient (Wildman–Crippen LogP) is 3.07. The Morgan fingerprint density at radius 1 is 1.00 bits per heavy atom. The predicted molar refractivity (Wildman–Crippen MR) is 89.1 cm³/mol. The second-order valence-corrected chi connectivity index (χ2v) is 5.64. The number of nitrogens with zero attached hydrogens (tertiary/aromatic N) is 2. The summed E-state index contributed by atoms with van der Waals surface area (Å²) in [5.41, 5.74) is 4.40. The molecule has 0 bridgehead atoms. The normalized spacial score (nSPS) is 18.9. The van der Waals surface area contributed by atoms with Crippen LogP contribution in [0.1, 0.15) is 13.8 Å². The number of benzene rings is 1. The molecular weight excluding hydrogens is 276 g/mol. The van der Waals surface area contributed by atoms with E-state index in [1.807, 2.05) is 38.1 Å². The van der Waals surface area contributed by atoms with Crippen LogP contribution in [-0.2, 0) is 9.53 Å². The first kappa shape index (κ1) is 14.7. The van der Waals surface area contributed by atoms with Gasteiger partial charge in [0.1, 0.15) is 0 Å². The van der Waals surface area contributed by atoms with Crippen molar-refractivity contribution in [2.75, 3.05) is 31.2 Å². The standard InChI is InChI=1S/C18H20N2O2/c1-13-11-16(12-14(2)18(13)21)19-15-3-5-17(6-4-15)20-7-9-22-10-8-20/h3-6,11-12H,7-10H2,1-2H3. The number of carbonyl (C=O) groups excluding carboxylic acids is 1. The number of anilines is 1. The third-order valence-electron chi connectivity index (χ3n) is 3.93. The highest BCUT2D eigenvalue weighted by Crippen LogP contribution is 2.22. The molecule has 0 unspecified atom stereocenters. The first-order valence-electron chi connectivity index (χ1n) is 7.56. The largest absolute Gasteiger partial charge is 0.378 e. The van der Waals surface area contributed by atoms with E-state index in [0.717, 1.165) is 48.8 Å². The molecule has 0 spiro atoms. The van der Waals surface area contributed by atoms with Crippen LogP contribution in [0.2, 0.25) is 0 Å². The maximum Gasteiger partial charge on any atom is 0.184 e. The van der Waals surface area contributed by atoms with E-state index in [-0.39, 0.29) is 5.78 Å². The molecular formula is C18H20N2O2. The van der Waals surface area contributed by atoms with E-state index >= 15 is 0 Å².